The van der Waals surface area contributed by atoms with Crippen LogP contribution >= 0.6 is 11.6 Å². The van der Waals surface area contributed by atoms with Crippen LogP contribution in [0.4, 0.5) is 10.1 Å². The number of benzene rings is 2. The molecular formula is C16H13ClFN3. The largest absolute Gasteiger partial charge is 0.398 e. The fourth-order valence-electron chi connectivity index (χ4n) is 2.17. The minimum atomic E-state index is -0.422. The van der Waals surface area contributed by atoms with E-state index >= 15 is 0 Å². The standard InChI is InChI=1S/C16H13ClFN3/c17-14-6-5-11(7-15(14)18)9-21-10-12(8-20-21)13-3-1-2-4-16(13)19/h1-8,10H,9,19H2. The van der Waals surface area contributed by atoms with Crippen LogP contribution < -0.4 is 5.73 Å². The molecule has 106 valence electrons. The molecule has 0 saturated heterocycles. The smallest absolute Gasteiger partial charge is 0.142 e. The molecule has 5 heteroatoms. The van der Waals surface area contributed by atoms with Crippen LogP contribution in [0.2, 0.25) is 5.02 Å². The molecule has 3 rings (SSSR count). The first-order chi connectivity index (χ1) is 10.1. The Balaban J connectivity index is 1.85. The van der Waals surface area contributed by atoms with Crippen molar-refractivity contribution in [1.82, 2.24) is 9.78 Å². The van der Waals surface area contributed by atoms with Crippen LogP contribution in [-0.2, 0) is 6.54 Å². The number of nitrogens with zero attached hydrogens (tertiary/aromatic N) is 2. The minimum absolute atomic E-state index is 0.122. The molecule has 1 heterocycles. The molecule has 0 radical (unpaired) electrons. The molecule has 0 atom stereocenters. The Kier molecular flexibility index (Phi) is 3.62. The summed E-state index contributed by atoms with van der Waals surface area (Å²) >= 11 is 5.67. The summed E-state index contributed by atoms with van der Waals surface area (Å²) < 4.78 is 15.2. The summed E-state index contributed by atoms with van der Waals surface area (Å²) in [6.07, 6.45) is 3.64. The summed E-state index contributed by atoms with van der Waals surface area (Å²) in [6.45, 7) is 0.473. The molecule has 0 fully saturated rings. The van der Waals surface area contributed by atoms with E-state index in [1.165, 1.54) is 6.07 Å². The molecule has 0 aliphatic heterocycles. The van der Waals surface area contributed by atoms with Gasteiger partial charge in [0.15, 0.2) is 0 Å². The molecule has 0 spiro atoms. The van der Waals surface area contributed by atoms with E-state index in [-0.39, 0.29) is 5.02 Å². The molecule has 21 heavy (non-hydrogen) atoms. The molecule has 0 unspecified atom stereocenters. The fraction of sp³-hybridized carbons (Fsp3) is 0.0625. The molecule has 2 N–H and O–H groups in total. The van der Waals surface area contributed by atoms with Crippen LogP contribution in [-0.4, -0.2) is 9.78 Å². The van der Waals surface area contributed by atoms with Gasteiger partial charge in [0.25, 0.3) is 0 Å². The Morgan fingerprint density at radius 3 is 2.76 bits per heavy atom. The van der Waals surface area contributed by atoms with Gasteiger partial charge in [-0.05, 0) is 23.8 Å². The quantitative estimate of drug-likeness (QED) is 0.744. The fourth-order valence-corrected chi connectivity index (χ4v) is 2.29. The van der Waals surface area contributed by atoms with Crippen molar-refractivity contribution in [2.45, 2.75) is 6.54 Å². The Morgan fingerprint density at radius 2 is 2.00 bits per heavy atom. The zero-order valence-electron chi connectivity index (χ0n) is 11.1. The van der Waals surface area contributed by atoms with Crippen LogP contribution in [0.1, 0.15) is 5.56 Å². The molecule has 2 aromatic carbocycles. The lowest BCUT2D eigenvalue weighted by Gasteiger charge is -2.03. The van der Waals surface area contributed by atoms with E-state index in [0.29, 0.717) is 12.2 Å². The molecule has 3 nitrogen and oxygen atoms in total. The van der Waals surface area contributed by atoms with Crippen LogP contribution in [0.25, 0.3) is 11.1 Å². The third-order valence-corrected chi connectivity index (χ3v) is 3.54. The van der Waals surface area contributed by atoms with Gasteiger partial charge >= 0.3 is 0 Å². The number of hydrogen-bond donors (Lipinski definition) is 1. The number of nitrogen functional groups attached to an aromatic ring is 1. The van der Waals surface area contributed by atoms with Crippen molar-refractivity contribution in [2.24, 2.45) is 0 Å². The van der Waals surface area contributed by atoms with Gasteiger partial charge in [0.1, 0.15) is 5.82 Å². The molecule has 0 bridgehead atoms. The van der Waals surface area contributed by atoms with E-state index in [2.05, 4.69) is 5.10 Å². The molecule has 0 aliphatic rings. The average Bonchev–Trinajstić information content (AvgIpc) is 2.92. The van der Waals surface area contributed by atoms with E-state index in [0.717, 1.165) is 16.7 Å². The lowest BCUT2D eigenvalue weighted by molar-refractivity contribution is 0.619. The number of anilines is 1. The zero-order valence-corrected chi connectivity index (χ0v) is 11.9. The maximum atomic E-state index is 13.4. The highest BCUT2D eigenvalue weighted by molar-refractivity contribution is 6.30. The van der Waals surface area contributed by atoms with Gasteiger partial charge in [-0.1, -0.05) is 35.9 Å². The monoisotopic (exact) mass is 301 g/mol. The number of rotatable bonds is 3. The van der Waals surface area contributed by atoms with Gasteiger partial charge in [0.05, 0.1) is 17.8 Å². The van der Waals surface area contributed by atoms with Gasteiger partial charge in [0, 0.05) is 23.0 Å². The van der Waals surface area contributed by atoms with Crippen molar-refractivity contribution in [3.63, 3.8) is 0 Å². The second-order valence-electron chi connectivity index (χ2n) is 4.76. The SMILES string of the molecule is Nc1ccccc1-c1cnn(Cc2ccc(Cl)c(F)c2)c1. The summed E-state index contributed by atoms with van der Waals surface area (Å²) in [5, 5.41) is 4.41. The number of halogens is 2. The first-order valence-electron chi connectivity index (χ1n) is 6.45. The molecule has 0 aliphatic carbocycles. The third-order valence-electron chi connectivity index (χ3n) is 3.23. The van der Waals surface area contributed by atoms with Crippen molar-refractivity contribution >= 4 is 17.3 Å². The van der Waals surface area contributed by atoms with Crippen LogP contribution in [0.3, 0.4) is 0 Å². The Labute approximate surface area is 126 Å². The van der Waals surface area contributed by atoms with Crippen LogP contribution in [0.5, 0.6) is 0 Å². The van der Waals surface area contributed by atoms with E-state index in [9.17, 15) is 4.39 Å². The maximum Gasteiger partial charge on any atom is 0.142 e. The number of aromatic nitrogens is 2. The van der Waals surface area contributed by atoms with Gasteiger partial charge in [-0.3, -0.25) is 4.68 Å². The Hall–Kier alpha value is -2.33. The number of nitrogens with two attached hydrogens (primary N) is 1. The third kappa shape index (κ3) is 2.90. The highest BCUT2D eigenvalue weighted by Gasteiger charge is 2.06. The predicted octanol–water partition coefficient (Wildman–Crippen LogP) is 3.97. The number of hydrogen-bond acceptors (Lipinski definition) is 2. The van der Waals surface area contributed by atoms with Gasteiger partial charge < -0.3 is 5.73 Å². The minimum Gasteiger partial charge on any atom is -0.398 e. The van der Waals surface area contributed by atoms with Crippen molar-refractivity contribution in [1.29, 1.82) is 0 Å². The Morgan fingerprint density at radius 1 is 1.19 bits per heavy atom. The molecule has 1 aromatic heterocycles. The van der Waals surface area contributed by atoms with E-state index in [4.69, 9.17) is 17.3 Å². The van der Waals surface area contributed by atoms with Crippen LogP contribution in [0, 0.1) is 5.82 Å². The first-order valence-corrected chi connectivity index (χ1v) is 6.82. The van der Waals surface area contributed by atoms with E-state index in [1.54, 1.807) is 23.0 Å². The average molecular weight is 302 g/mol. The molecule has 0 saturated carbocycles. The van der Waals surface area contributed by atoms with Gasteiger partial charge in [-0.15, -0.1) is 0 Å². The van der Waals surface area contributed by atoms with Crippen LogP contribution in [0.15, 0.2) is 54.9 Å². The topological polar surface area (TPSA) is 43.8 Å². The Bertz CT molecular complexity index is 783. The number of para-hydroxylation sites is 1. The summed E-state index contributed by atoms with van der Waals surface area (Å²) in [4.78, 5) is 0. The first kappa shape index (κ1) is 13.6. The lowest BCUT2D eigenvalue weighted by atomic mass is 10.1. The highest BCUT2D eigenvalue weighted by atomic mass is 35.5. The van der Waals surface area contributed by atoms with Gasteiger partial charge in [-0.25, -0.2) is 4.39 Å². The second-order valence-corrected chi connectivity index (χ2v) is 5.17. The van der Waals surface area contributed by atoms with Gasteiger partial charge in [0.2, 0.25) is 0 Å². The van der Waals surface area contributed by atoms with Crippen molar-refractivity contribution in [3.8, 4) is 11.1 Å². The second kappa shape index (κ2) is 5.58. The van der Waals surface area contributed by atoms with Crippen molar-refractivity contribution in [3.05, 3.63) is 71.3 Å². The molecule has 0 amide bonds. The summed E-state index contributed by atoms with van der Waals surface area (Å²) in [7, 11) is 0. The van der Waals surface area contributed by atoms with Crippen molar-refractivity contribution < 1.29 is 4.39 Å². The predicted molar refractivity (Wildman–Crippen MR) is 82.6 cm³/mol. The summed E-state index contributed by atoms with van der Waals surface area (Å²) in [5.74, 6) is -0.422. The molecular weight excluding hydrogens is 289 g/mol. The highest BCUT2D eigenvalue weighted by Crippen LogP contribution is 2.25. The van der Waals surface area contributed by atoms with E-state index in [1.807, 2.05) is 30.5 Å². The zero-order chi connectivity index (χ0) is 14.8. The van der Waals surface area contributed by atoms with E-state index < -0.39 is 5.82 Å². The van der Waals surface area contributed by atoms with Gasteiger partial charge in [-0.2, -0.15) is 5.10 Å². The normalized spacial score (nSPS) is 10.8. The summed E-state index contributed by atoms with van der Waals surface area (Å²) in [5.41, 5.74) is 9.32. The lowest BCUT2D eigenvalue weighted by Crippen LogP contribution is -2.00. The summed E-state index contributed by atoms with van der Waals surface area (Å²) in [6, 6.07) is 12.4. The van der Waals surface area contributed by atoms with Crippen molar-refractivity contribution in [2.75, 3.05) is 5.73 Å². The molecule has 3 aromatic rings. The maximum absolute atomic E-state index is 13.4.